The van der Waals surface area contributed by atoms with Crippen molar-refractivity contribution in [3.8, 4) is 5.75 Å². The smallest absolute Gasteiger partial charge is 0.225 e. The second-order valence-corrected chi connectivity index (χ2v) is 7.98. The van der Waals surface area contributed by atoms with Crippen LogP contribution in [0.5, 0.6) is 5.75 Å². The molecule has 0 bridgehead atoms. The number of guanidine groups is 1. The van der Waals surface area contributed by atoms with Gasteiger partial charge in [0.25, 0.3) is 0 Å². The minimum atomic E-state index is 0.0518. The minimum Gasteiger partial charge on any atom is -0.493 e. The SMILES string of the molecule is CN=C(NCc1ccccc1OCCC(C)C)NCC1CC(=O)Nc2ccccc21. The molecule has 0 aromatic heterocycles. The first-order valence-electron chi connectivity index (χ1n) is 10.6. The maximum atomic E-state index is 12.0. The maximum absolute atomic E-state index is 12.0. The van der Waals surface area contributed by atoms with E-state index in [1.165, 1.54) is 0 Å². The van der Waals surface area contributed by atoms with Gasteiger partial charge in [-0.2, -0.15) is 0 Å². The predicted molar refractivity (Wildman–Crippen MR) is 122 cm³/mol. The Bertz CT molecular complexity index is 879. The molecule has 2 aromatic rings. The summed E-state index contributed by atoms with van der Waals surface area (Å²) >= 11 is 0. The molecule has 1 unspecified atom stereocenters. The lowest BCUT2D eigenvalue weighted by Gasteiger charge is -2.26. The molecule has 3 rings (SSSR count). The summed E-state index contributed by atoms with van der Waals surface area (Å²) in [4.78, 5) is 16.4. The molecule has 0 saturated carbocycles. The third-order valence-electron chi connectivity index (χ3n) is 5.22. The van der Waals surface area contributed by atoms with E-state index in [2.05, 4.69) is 46.9 Å². The number of aliphatic imine (C=N–C) groups is 1. The van der Waals surface area contributed by atoms with Crippen LogP contribution in [0.2, 0.25) is 0 Å². The molecule has 30 heavy (non-hydrogen) atoms. The first-order chi connectivity index (χ1) is 14.6. The van der Waals surface area contributed by atoms with Crippen molar-refractivity contribution in [1.29, 1.82) is 0 Å². The van der Waals surface area contributed by atoms with Gasteiger partial charge in [-0.25, -0.2) is 0 Å². The first-order valence-corrected chi connectivity index (χ1v) is 10.6. The zero-order chi connectivity index (χ0) is 21.3. The Balaban J connectivity index is 1.56. The molecule has 0 aliphatic carbocycles. The van der Waals surface area contributed by atoms with Crippen molar-refractivity contribution < 1.29 is 9.53 Å². The molecule has 6 heteroatoms. The maximum Gasteiger partial charge on any atom is 0.225 e. The highest BCUT2D eigenvalue weighted by Gasteiger charge is 2.24. The second-order valence-electron chi connectivity index (χ2n) is 7.98. The summed E-state index contributed by atoms with van der Waals surface area (Å²) in [5, 5.41) is 9.67. The van der Waals surface area contributed by atoms with Crippen LogP contribution in [0.1, 0.15) is 43.7 Å². The Morgan fingerprint density at radius 2 is 1.93 bits per heavy atom. The predicted octanol–water partition coefficient (Wildman–Crippen LogP) is 3.90. The topological polar surface area (TPSA) is 74.8 Å². The van der Waals surface area contributed by atoms with E-state index in [0.717, 1.165) is 29.0 Å². The second kappa shape index (κ2) is 10.7. The summed E-state index contributed by atoms with van der Waals surface area (Å²) in [6.07, 6.45) is 1.49. The number of rotatable bonds is 8. The standard InChI is InChI=1S/C24H32N4O2/c1-17(2)12-13-30-22-11-7-4-8-18(22)15-26-24(25-3)27-16-19-14-23(29)28-21-10-6-5-9-20(19)21/h4-11,17,19H,12-16H2,1-3H3,(H,28,29)(H2,25,26,27). The van der Waals surface area contributed by atoms with Crippen LogP contribution in [0.15, 0.2) is 53.5 Å². The van der Waals surface area contributed by atoms with Crippen molar-refractivity contribution in [2.75, 3.05) is 25.5 Å². The number of nitrogens with one attached hydrogen (secondary N) is 3. The van der Waals surface area contributed by atoms with Crippen molar-refractivity contribution in [3.63, 3.8) is 0 Å². The van der Waals surface area contributed by atoms with Gasteiger partial charge in [0.1, 0.15) is 5.75 Å². The third-order valence-corrected chi connectivity index (χ3v) is 5.22. The molecular weight excluding hydrogens is 376 g/mol. The molecule has 160 valence electrons. The highest BCUT2D eigenvalue weighted by molar-refractivity contribution is 5.94. The van der Waals surface area contributed by atoms with E-state index in [1.54, 1.807) is 7.05 Å². The Morgan fingerprint density at radius 3 is 2.73 bits per heavy atom. The highest BCUT2D eigenvalue weighted by atomic mass is 16.5. The van der Waals surface area contributed by atoms with E-state index in [-0.39, 0.29) is 11.8 Å². The number of nitrogens with zero attached hydrogens (tertiary/aromatic N) is 1. The van der Waals surface area contributed by atoms with Gasteiger partial charge in [0.15, 0.2) is 5.96 Å². The van der Waals surface area contributed by atoms with Crippen molar-refractivity contribution in [2.24, 2.45) is 10.9 Å². The molecule has 1 aliphatic heterocycles. The molecule has 1 amide bonds. The third kappa shape index (κ3) is 5.99. The fourth-order valence-corrected chi connectivity index (χ4v) is 3.50. The fourth-order valence-electron chi connectivity index (χ4n) is 3.50. The highest BCUT2D eigenvalue weighted by Crippen LogP contribution is 2.31. The lowest BCUT2D eigenvalue weighted by Crippen LogP contribution is -2.40. The van der Waals surface area contributed by atoms with Gasteiger partial charge in [-0.1, -0.05) is 50.2 Å². The molecule has 1 aliphatic rings. The van der Waals surface area contributed by atoms with E-state index in [1.807, 2.05) is 36.4 Å². The van der Waals surface area contributed by atoms with Gasteiger partial charge in [0.05, 0.1) is 6.61 Å². The van der Waals surface area contributed by atoms with Gasteiger partial charge in [0, 0.05) is 43.7 Å². The van der Waals surface area contributed by atoms with Crippen molar-refractivity contribution in [2.45, 2.75) is 39.2 Å². The van der Waals surface area contributed by atoms with E-state index in [4.69, 9.17) is 4.74 Å². The molecular formula is C24H32N4O2. The summed E-state index contributed by atoms with van der Waals surface area (Å²) in [5.74, 6) is 2.39. The van der Waals surface area contributed by atoms with Crippen LogP contribution >= 0.6 is 0 Å². The monoisotopic (exact) mass is 408 g/mol. The van der Waals surface area contributed by atoms with Crippen LogP contribution in [0.4, 0.5) is 5.69 Å². The molecule has 6 nitrogen and oxygen atoms in total. The molecule has 1 atom stereocenters. The van der Waals surface area contributed by atoms with Crippen molar-refractivity contribution in [3.05, 3.63) is 59.7 Å². The normalized spacial score (nSPS) is 16.1. The zero-order valence-corrected chi connectivity index (χ0v) is 18.1. The summed E-state index contributed by atoms with van der Waals surface area (Å²) in [6, 6.07) is 16.0. The number of ether oxygens (including phenoxy) is 1. The summed E-state index contributed by atoms with van der Waals surface area (Å²) < 4.78 is 5.98. The molecule has 3 N–H and O–H groups in total. The summed E-state index contributed by atoms with van der Waals surface area (Å²) in [6.45, 7) is 6.35. The molecule has 0 saturated heterocycles. The van der Waals surface area contributed by atoms with Gasteiger partial charge in [-0.3, -0.25) is 9.79 Å². The summed E-state index contributed by atoms with van der Waals surface area (Å²) in [7, 11) is 1.75. The largest absolute Gasteiger partial charge is 0.493 e. The van der Waals surface area contributed by atoms with Crippen LogP contribution in [0, 0.1) is 5.92 Å². The number of para-hydroxylation sites is 2. The van der Waals surface area contributed by atoms with Crippen LogP contribution in [-0.4, -0.2) is 32.1 Å². The van der Waals surface area contributed by atoms with Gasteiger partial charge in [-0.05, 0) is 30.0 Å². The minimum absolute atomic E-state index is 0.0518. The number of anilines is 1. The molecule has 0 spiro atoms. The zero-order valence-electron chi connectivity index (χ0n) is 18.1. The number of carbonyl (C=O) groups excluding carboxylic acids is 1. The Hall–Kier alpha value is -3.02. The van der Waals surface area contributed by atoms with Gasteiger partial charge in [0.2, 0.25) is 5.91 Å². The van der Waals surface area contributed by atoms with Gasteiger partial charge >= 0.3 is 0 Å². The van der Waals surface area contributed by atoms with E-state index < -0.39 is 0 Å². The summed E-state index contributed by atoms with van der Waals surface area (Å²) in [5.41, 5.74) is 3.14. The van der Waals surface area contributed by atoms with E-state index >= 15 is 0 Å². The van der Waals surface area contributed by atoms with Crippen molar-refractivity contribution in [1.82, 2.24) is 10.6 Å². The Morgan fingerprint density at radius 1 is 1.17 bits per heavy atom. The lowest BCUT2D eigenvalue weighted by atomic mass is 9.90. The van der Waals surface area contributed by atoms with Crippen LogP contribution in [-0.2, 0) is 11.3 Å². The average molecular weight is 409 g/mol. The van der Waals surface area contributed by atoms with Crippen LogP contribution in [0.3, 0.4) is 0 Å². The van der Waals surface area contributed by atoms with Crippen LogP contribution in [0.25, 0.3) is 0 Å². The number of hydrogen-bond acceptors (Lipinski definition) is 3. The van der Waals surface area contributed by atoms with Crippen LogP contribution < -0.4 is 20.7 Å². The number of carbonyl (C=O) groups is 1. The number of benzene rings is 2. The van der Waals surface area contributed by atoms with E-state index in [9.17, 15) is 4.79 Å². The number of hydrogen-bond donors (Lipinski definition) is 3. The van der Waals surface area contributed by atoms with Gasteiger partial charge in [-0.15, -0.1) is 0 Å². The molecule has 1 heterocycles. The van der Waals surface area contributed by atoms with Crippen molar-refractivity contribution >= 4 is 17.6 Å². The van der Waals surface area contributed by atoms with Gasteiger partial charge < -0.3 is 20.7 Å². The fraction of sp³-hybridized carbons (Fsp3) is 0.417. The molecule has 2 aromatic carbocycles. The molecule has 0 radical (unpaired) electrons. The Kier molecular flexibility index (Phi) is 7.71. The lowest BCUT2D eigenvalue weighted by molar-refractivity contribution is -0.116. The Labute approximate surface area is 179 Å². The quantitative estimate of drug-likeness (QED) is 0.457. The first kappa shape index (κ1) is 21.7. The van der Waals surface area contributed by atoms with E-state index in [0.29, 0.717) is 38.0 Å². The number of amides is 1. The molecule has 0 fully saturated rings. The average Bonchev–Trinajstić information content (AvgIpc) is 2.74. The number of fused-ring (bicyclic) bond motifs is 1.